The molecule has 0 saturated heterocycles. The number of ether oxygens (including phenoxy) is 2. The zero-order chi connectivity index (χ0) is 18.9. The van der Waals surface area contributed by atoms with Crippen molar-refractivity contribution in [2.75, 3.05) is 14.2 Å². The van der Waals surface area contributed by atoms with Gasteiger partial charge in [0.05, 0.1) is 25.9 Å². The lowest BCUT2D eigenvalue weighted by molar-refractivity contribution is 0.184. The topological polar surface area (TPSA) is 58.9 Å². The van der Waals surface area contributed by atoms with Crippen molar-refractivity contribution in [3.63, 3.8) is 0 Å². The second-order valence-electron chi connectivity index (χ2n) is 5.56. The van der Waals surface area contributed by atoms with E-state index in [0.717, 1.165) is 11.3 Å². The fourth-order valence-electron chi connectivity index (χ4n) is 2.35. The highest BCUT2D eigenvalue weighted by atomic mass is 16.5. The van der Waals surface area contributed by atoms with Gasteiger partial charge in [-0.1, -0.05) is 42.7 Å². The first-order valence-corrected chi connectivity index (χ1v) is 8.12. The van der Waals surface area contributed by atoms with Crippen LogP contribution in [0.1, 0.15) is 29.8 Å². The summed E-state index contributed by atoms with van der Waals surface area (Å²) in [5.41, 5.74) is 4.45. The van der Waals surface area contributed by atoms with Crippen LogP contribution in [-0.2, 0) is 0 Å². The molecule has 0 aliphatic carbocycles. The lowest BCUT2D eigenvalue weighted by atomic mass is 10.0. The van der Waals surface area contributed by atoms with E-state index in [1.54, 1.807) is 62.8 Å². The lowest BCUT2D eigenvalue weighted by Crippen LogP contribution is -2.00. The minimum absolute atomic E-state index is 0.229. The third-order valence-corrected chi connectivity index (χ3v) is 3.91. The van der Waals surface area contributed by atoms with Gasteiger partial charge in [0.2, 0.25) is 0 Å². The Morgan fingerprint density at radius 1 is 0.923 bits per heavy atom. The molecule has 4 heteroatoms. The first-order valence-electron chi connectivity index (χ1n) is 8.12. The Morgan fingerprint density at radius 3 is 1.88 bits per heavy atom. The van der Waals surface area contributed by atoms with Crippen LogP contribution in [0.3, 0.4) is 0 Å². The number of hydrogen-bond donors (Lipinski definition) is 2. The monoisotopic (exact) mass is 350 g/mol. The van der Waals surface area contributed by atoms with Gasteiger partial charge in [0.1, 0.15) is 17.6 Å². The predicted octanol–water partition coefficient (Wildman–Crippen LogP) is 3.58. The van der Waals surface area contributed by atoms with E-state index in [4.69, 9.17) is 9.47 Å². The fourth-order valence-corrected chi connectivity index (χ4v) is 2.35. The van der Waals surface area contributed by atoms with E-state index in [0.29, 0.717) is 16.9 Å². The zero-order valence-corrected chi connectivity index (χ0v) is 14.9. The van der Waals surface area contributed by atoms with Crippen LogP contribution in [0.15, 0.2) is 66.4 Å². The highest BCUT2D eigenvalue weighted by Gasteiger charge is 2.12. The number of benzene rings is 2. The molecule has 2 N–H and O–H groups in total. The average molecular weight is 350 g/mol. The van der Waals surface area contributed by atoms with Gasteiger partial charge in [0.25, 0.3) is 0 Å². The largest absolute Gasteiger partial charge is 0.497 e. The number of aliphatic hydroxyl groups is 2. The molecule has 2 aromatic carbocycles. The minimum atomic E-state index is -0.927. The second-order valence-corrected chi connectivity index (χ2v) is 5.56. The molecule has 0 aliphatic heterocycles. The van der Waals surface area contributed by atoms with E-state index >= 15 is 0 Å². The Balaban J connectivity index is 2.04. The Labute approximate surface area is 154 Å². The van der Waals surface area contributed by atoms with Gasteiger partial charge in [0.15, 0.2) is 0 Å². The van der Waals surface area contributed by atoms with Crippen molar-refractivity contribution in [3.8, 4) is 23.3 Å². The number of rotatable bonds is 6. The summed E-state index contributed by atoms with van der Waals surface area (Å²) in [6.45, 7) is 3.59. The first kappa shape index (κ1) is 19.4. The first-order chi connectivity index (χ1) is 12.6. The van der Waals surface area contributed by atoms with Crippen molar-refractivity contribution in [2.24, 2.45) is 0 Å². The molecule has 26 heavy (non-hydrogen) atoms. The summed E-state index contributed by atoms with van der Waals surface area (Å²) in [6.07, 6.45) is -1.42. The standard InChI is InChI=1S/C22H22O4/c1-4-16(22(24)18-10-14-20(26-3)15-11-18)6-5-7-21(23)17-8-12-19(25-2)13-9-17/h8-15,21-24H,1,7H2,2-3H3. The van der Waals surface area contributed by atoms with E-state index in [1.807, 2.05) is 0 Å². The van der Waals surface area contributed by atoms with E-state index in [-0.39, 0.29) is 6.42 Å². The summed E-state index contributed by atoms with van der Waals surface area (Å²) in [5, 5.41) is 20.6. The van der Waals surface area contributed by atoms with Gasteiger partial charge >= 0.3 is 0 Å². The highest BCUT2D eigenvalue weighted by Crippen LogP contribution is 2.23. The van der Waals surface area contributed by atoms with Crippen molar-refractivity contribution in [2.45, 2.75) is 18.6 Å². The van der Waals surface area contributed by atoms with Gasteiger partial charge < -0.3 is 19.7 Å². The quantitative estimate of drug-likeness (QED) is 0.618. The van der Waals surface area contributed by atoms with Gasteiger partial charge in [-0.3, -0.25) is 0 Å². The Bertz CT molecular complexity index is 819. The molecule has 2 aromatic rings. The normalized spacial score (nSPS) is 12.2. The molecule has 0 bridgehead atoms. The smallest absolute Gasteiger partial charge is 0.119 e. The summed E-state index contributed by atoms with van der Waals surface area (Å²) in [4.78, 5) is 0. The molecule has 0 aromatic heterocycles. The maximum Gasteiger partial charge on any atom is 0.119 e. The fraction of sp³-hybridized carbons (Fsp3) is 0.227. The molecule has 0 spiro atoms. The van der Waals surface area contributed by atoms with Crippen LogP contribution in [0.5, 0.6) is 11.5 Å². The van der Waals surface area contributed by atoms with Crippen LogP contribution in [0, 0.1) is 11.8 Å². The molecule has 0 fully saturated rings. The highest BCUT2D eigenvalue weighted by molar-refractivity contribution is 5.39. The van der Waals surface area contributed by atoms with Crippen LogP contribution in [0.4, 0.5) is 0 Å². The van der Waals surface area contributed by atoms with Gasteiger partial charge in [0, 0.05) is 6.42 Å². The van der Waals surface area contributed by atoms with Crippen LogP contribution >= 0.6 is 0 Å². The molecule has 0 radical (unpaired) electrons. The van der Waals surface area contributed by atoms with E-state index < -0.39 is 12.2 Å². The summed E-state index contributed by atoms with van der Waals surface area (Å²) in [6, 6.07) is 14.2. The molecule has 2 unspecified atom stereocenters. The lowest BCUT2D eigenvalue weighted by Gasteiger charge is -2.10. The maximum absolute atomic E-state index is 10.4. The third kappa shape index (κ3) is 5.02. The molecular weight excluding hydrogens is 328 g/mol. The van der Waals surface area contributed by atoms with Crippen LogP contribution < -0.4 is 9.47 Å². The number of hydrogen-bond acceptors (Lipinski definition) is 4. The van der Waals surface area contributed by atoms with Crippen LogP contribution in [0.25, 0.3) is 0 Å². The van der Waals surface area contributed by atoms with E-state index in [1.165, 1.54) is 0 Å². The van der Waals surface area contributed by atoms with E-state index in [2.05, 4.69) is 24.2 Å². The Morgan fingerprint density at radius 2 is 1.42 bits per heavy atom. The maximum atomic E-state index is 10.4. The SMILES string of the molecule is C=C=C(C#CCC(O)c1ccc(OC)cc1)C(O)c1ccc(OC)cc1. The molecule has 2 atom stereocenters. The number of aliphatic hydroxyl groups excluding tert-OH is 2. The van der Waals surface area contributed by atoms with E-state index in [9.17, 15) is 10.2 Å². The predicted molar refractivity (Wildman–Crippen MR) is 101 cm³/mol. The summed E-state index contributed by atoms with van der Waals surface area (Å²) in [5.74, 6) is 7.16. The van der Waals surface area contributed by atoms with Crippen molar-refractivity contribution < 1.29 is 19.7 Å². The second kappa shape index (κ2) is 9.50. The summed E-state index contributed by atoms with van der Waals surface area (Å²) in [7, 11) is 3.17. The molecular formula is C22H22O4. The zero-order valence-electron chi connectivity index (χ0n) is 14.9. The summed E-state index contributed by atoms with van der Waals surface area (Å²) < 4.78 is 10.2. The van der Waals surface area contributed by atoms with Gasteiger partial charge in [-0.25, -0.2) is 0 Å². The van der Waals surface area contributed by atoms with Gasteiger partial charge in [-0.2, -0.15) is 0 Å². The van der Waals surface area contributed by atoms with Gasteiger partial charge in [-0.05, 0) is 35.4 Å². The van der Waals surface area contributed by atoms with Crippen LogP contribution in [0.2, 0.25) is 0 Å². The Kier molecular flexibility index (Phi) is 7.08. The molecule has 4 nitrogen and oxygen atoms in total. The van der Waals surface area contributed by atoms with Crippen molar-refractivity contribution in [3.05, 3.63) is 77.5 Å². The number of methoxy groups -OCH3 is 2. The molecule has 0 heterocycles. The molecule has 134 valence electrons. The molecule has 0 saturated carbocycles. The molecule has 0 aliphatic rings. The van der Waals surface area contributed by atoms with Crippen molar-refractivity contribution in [1.29, 1.82) is 0 Å². The molecule has 0 amide bonds. The van der Waals surface area contributed by atoms with Crippen molar-refractivity contribution >= 4 is 0 Å². The van der Waals surface area contributed by atoms with Crippen LogP contribution in [-0.4, -0.2) is 24.4 Å². The molecule has 2 rings (SSSR count). The Hall–Kier alpha value is -2.96. The average Bonchev–Trinajstić information content (AvgIpc) is 2.70. The third-order valence-electron chi connectivity index (χ3n) is 3.91. The van der Waals surface area contributed by atoms with Gasteiger partial charge in [-0.15, -0.1) is 5.73 Å². The minimum Gasteiger partial charge on any atom is -0.497 e. The summed E-state index contributed by atoms with van der Waals surface area (Å²) >= 11 is 0. The van der Waals surface area contributed by atoms with Crippen molar-refractivity contribution in [1.82, 2.24) is 0 Å².